The van der Waals surface area contributed by atoms with Gasteiger partial charge in [-0.05, 0) is 51.3 Å². The van der Waals surface area contributed by atoms with Crippen LogP contribution in [0.4, 0.5) is 0 Å². The third-order valence-electron chi connectivity index (χ3n) is 3.38. The number of ether oxygens (including phenoxy) is 1. The molecule has 1 aromatic carbocycles. The highest BCUT2D eigenvalue weighted by molar-refractivity contribution is 5.27. The quantitative estimate of drug-likeness (QED) is 0.790. The van der Waals surface area contributed by atoms with E-state index in [9.17, 15) is 0 Å². The fraction of sp³-hybridized carbons (Fsp3) is 0.600. The van der Waals surface area contributed by atoms with E-state index in [0.717, 1.165) is 19.1 Å². The van der Waals surface area contributed by atoms with Crippen LogP contribution < -0.4 is 5.32 Å². The maximum atomic E-state index is 5.76. The summed E-state index contributed by atoms with van der Waals surface area (Å²) < 4.78 is 5.76. The van der Waals surface area contributed by atoms with E-state index in [4.69, 9.17) is 4.74 Å². The first-order chi connectivity index (χ1) is 8.24. The van der Waals surface area contributed by atoms with Crippen LogP contribution in [0.15, 0.2) is 18.2 Å². The lowest BCUT2D eigenvalue weighted by atomic mass is 10.1. The molecule has 1 atom stereocenters. The van der Waals surface area contributed by atoms with E-state index in [1.165, 1.54) is 42.6 Å². The van der Waals surface area contributed by atoms with Crippen LogP contribution in [0.1, 0.15) is 29.5 Å². The fourth-order valence-electron chi connectivity index (χ4n) is 2.55. The van der Waals surface area contributed by atoms with E-state index in [0.29, 0.717) is 0 Å². The van der Waals surface area contributed by atoms with E-state index in [-0.39, 0.29) is 0 Å². The second-order valence-corrected chi connectivity index (χ2v) is 5.20. The lowest BCUT2D eigenvalue weighted by molar-refractivity contribution is 0.109. The maximum Gasteiger partial charge on any atom is 0.0717 e. The van der Waals surface area contributed by atoms with Gasteiger partial charge >= 0.3 is 0 Å². The molecule has 0 bridgehead atoms. The van der Waals surface area contributed by atoms with Crippen molar-refractivity contribution in [1.29, 1.82) is 0 Å². The Kier molecular flexibility index (Phi) is 4.57. The van der Waals surface area contributed by atoms with Gasteiger partial charge in [0.25, 0.3) is 0 Å². The predicted molar refractivity (Wildman–Crippen MR) is 71.2 cm³/mol. The molecule has 0 amide bonds. The highest BCUT2D eigenvalue weighted by Crippen LogP contribution is 2.13. The van der Waals surface area contributed by atoms with Gasteiger partial charge in [-0.1, -0.05) is 29.3 Å². The Balaban J connectivity index is 1.70. The molecule has 0 saturated carbocycles. The van der Waals surface area contributed by atoms with Crippen molar-refractivity contribution in [3.05, 3.63) is 34.9 Å². The molecular weight excluding hydrogens is 210 g/mol. The molecule has 1 aliphatic heterocycles. The highest BCUT2D eigenvalue weighted by atomic mass is 16.5. The average Bonchev–Trinajstić information content (AvgIpc) is 2.76. The van der Waals surface area contributed by atoms with Crippen LogP contribution in [0.3, 0.4) is 0 Å². The van der Waals surface area contributed by atoms with Crippen LogP contribution in [0.25, 0.3) is 0 Å². The Bertz CT molecular complexity index is 336. The topological polar surface area (TPSA) is 21.3 Å². The first-order valence-electron chi connectivity index (χ1n) is 6.59. The van der Waals surface area contributed by atoms with Gasteiger partial charge in [0.15, 0.2) is 0 Å². The third-order valence-corrected chi connectivity index (χ3v) is 3.38. The first-order valence-corrected chi connectivity index (χ1v) is 6.59. The van der Waals surface area contributed by atoms with E-state index >= 15 is 0 Å². The number of aryl methyl sites for hydroxylation is 2. The van der Waals surface area contributed by atoms with E-state index < -0.39 is 0 Å². The summed E-state index contributed by atoms with van der Waals surface area (Å²) in [5.74, 6) is 0.828. The monoisotopic (exact) mass is 233 g/mol. The maximum absolute atomic E-state index is 5.76. The standard InChI is InChI=1S/C15H23NO/c1-12-7-13(2)9-15(8-12)11-17-6-4-14-3-5-16-10-14/h7-9,14,16H,3-6,10-11H2,1-2H3. The van der Waals surface area contributed by atoms with Gasteiger partial charge in [-0.25, -0.2) is 0 Å². The van der Waals surface area contributed by atoms with Crippen LogP contribution in [0.2, 0.25) is 0 Å². The zero-order chi connectivity index (χ0) is 12.1. The smallest absolute Gasteiger partial charge is 0.0717 e. The van der Waals surface area contributed by atoms with Crippen LogP contribution in [-0.2, 0) is 11.3 Å². The van der Waals surface area contributed by atoms with Gasteiger partial charge in [-0.3, -0.25) is 0 Å². The Labute approximate surface area is 104 Å². The summed E-state index contributed by atoms with van der Waals surface area (Å²) in [6.45, 7) is 8.28. The average molecular weight is 233 g/mol. The summed E-state index contributed by atoms with van der Waals surface area (Å²) in [7, 11) is 0. The van der Waals surface area contributed by atoms with Gasteiger partial charge in [0.1, 0.15) is 0 Å². The molecule has 94 valence electrons. The molecule has 17 heavy (non-hydrogen) atoms. The summed E-state index contributed by atoms with van der Waals surface area (Å²) in [5, 5.41) is 3.39. The predicted octanol–water partition coefficient (Wildman–Crippen LogP) is 2.82. The SMILES string of the molecule is Cc1cc(C)cc(COCCC2CCNC2)c1. The first kappa shape index (κ1) is 12.6. The lowest BCUT2D eigenvalue weighted by Gasteiger charge is -2.09. The molecule has 1 aliphatic rings. The zero-order valence-corrected chi connectivity index (χ0v) is 11.0. The number of hydrogen-bond donors (Lipinski definition) is 1. The van der Waals surface area contributed by atoms with Crippen molar-refractivity contribution >= 4 is 0 Å². The number of hydrogen-bond acceptors (Lipinski definition) is 2. The minimum atomic E-state index is 0.753. The summed E-state index contributed by atoms with van der Waals surface area (Å²) in [5.41, 5.74) is 3.94. The number of benzene rings is 1. The molecule has 1 unspecified atom stereocenters. The van der Waals surface area contributed by atoms with Gasteiger partial charge in [-0.2, -0.15) is 0 Å². The third kappa shape index (κ3) is 4.14. The van der Waals surface area contributed by atoms with Gasteiger partial charge in [-0.15, -0.1) is 0 Å². The van der Waals surface area contributed by atoms with Crippen molar-refractivity contribution in [2.45, 2.75) is 33.3 Å². The molecule has 2 rings (SSSR count). The Morgan fingerprint density at radius 1 is 1.24 bits per heavy atom. The van der Waals surface area contributed by atoms with Crippen molar-refractivity contribution < 1.29 is 4.74 Å². The second-order valence-electron chi connectivity index (χ2n) is 5.20. The molecular formula is C15H23NO. The molecule has 0 aliphatic carbocycles. The zero-order valence-electron chi connectivity index (χ0n) is 11.0. The van der Waals surface area contributed by atoms with Crippen LogP contribution in [-0.4, -0.2) is 19.7 Å². The van der Waals surface area contributed by atoms with Gasteiger partial charge in [0.05, 0.1) is 6.61 Å². The molecule has 0 spiro atoms. The van der Waals surface area contributed by atoms with Gasteiger partial charge in [0, 0.05) is 6.61 Å². The largest absolute Gasteiger partial charge is 0.377 e. The summed E-state index contributed by atoms with van der Waals surface area (Å²) in [6, 6.07) is 6.63. The van der Waals surface area contributed by atoms with Crippen molar-refractivity contribution in [1.82, 2.24) is 5.32 Å². The molecule has 2 nitrogen and oxygen atoms in total. The van der Waals surface area contributed by atoms with E-state index in [2.05, 4.69) is 37.4 Å². The van der Waals surface area contributed by atoms with Crippen molar-refractivity contribution in [2.24, 2.45) is 5.92 Å². The summed E-state index contributed by atoms with van der Waals surface area (Å²) in [4.78, 5) is 0. The van der Waals surface area contributed by atoms with Crippen LogP contribution >= 0.6 is 0 Å². The minimum absolute atomic E-state index is 0.753. The molecule has 0 aromatic heterocycles. The highest BCUT2D eigenvalue weighted by Gasteiger charge is 2.13. The van der Waals surface area contributed by atoms with Crippen LogP contribution in [0.5, 0.6) is 0 Å². The fourth-order valence-corrected chi connectivity index (χ4v) is 2.55. The molecule has 1 fully saturated rings. The van der Waals surface area contributed by atoms with Gasteiger partial charge in [0.2, 0.25) is 0 Å². The summed E-state index contributed by atoms with van der Waals surface area (Å²) >= 11 is 0. The molecule has 0 radical (unpaired) electrons. The normalized spacial score (nSPS) is 19.8. The molecule has 1 N–H and O–H groups in total. The second kappa shape index (κ2) is 6.18. The van der Waals surface area contributed by atoms with E-state index in [1.54, 1.807) is 0 Å². The summed E-state index contributed by atoms with van der Waals surface area (Å²) in [6.07, 6.45) is 2.50. The van der Waals surface area contributed by atoms with Crippen molar-refractivity contribution in [3.8, 4) is 0 Å². The Hall–Kier alpha value is -0.860. The molecule has 2 heteroatoms. The number of rotatable bonds is 5. The van der Waals surface area contributed by atoms with E-state index in [1.807, 2.05) is 0 Å². The number of nitrogens with one attached hydrogen (secondary N) is 1. The van der Waals surface area contributed by atoms with Crippen LogP contribution in [0, 0.1) is 19.8 Å². The molecule has 1 aromatic rings. The van der Waals surface area contributed by atoms with Gasteiger partial charge < -0.3 is 10.1 Å². The Morgan fingerprint density at radius 3 is 2.65 bits per heavy atom. The lowest BCUT2D eigenvalue weighted by Crippen LogP contribution is -2.10. The van der Waals surface area contributed by atoms with Crippen molar-refractivity contribution in [2.75, 3.05) is 19.7 Å². The molecule has 1 heterocycles. The molecule has 1 saturated heterocycles. The minimum Gasteiger partial charge on any atom is -0.377 e. The van der Waals surface area contributed by atoms with Crippen molar-refractivity contribution in [3.63, 3.8) is 0 Å². The Morgan fingerprint density at radius 2 is 2.00 bits per heavy atom.